The summed E-state index contributed by atoms with van der Waals surface area (Å²) in [5, 5.41) is 3.57. The molecule has 3 rings (SSSR count). The smallest absolute Gasteiger partial charge is 0.226 e. The van der Waals surface area contributed by atoms with E-state index in [0.717, 1.165) is 28.1 Å². The van der Waals surface area contributed by atoms with Crippen LogP contribution >= 0.6 is 11.3 Å². The quantitative estimate of drug-likeness (QED) is 0.600. The van der Waals surface area contributed by atoms with Gasteiger partial charge in [-0.25, -0.2) is 4.98 Å². The number of anilines is 1. The number of carbonyl (C=O) groups excluding carboxylic acids is 1. The van der Waals surface area contributed by atoms with E-state index >= 15 is 0 Å². The second-order valence-electron chi connectivity index (χ2n) is 7.56. The van der Waals surface area contributed by atoms with Crippen molar-refractivity contribution in [2.75, 3.05) is 5.32 Å². The summed E-state index contributed by atoms with van der Waals surface area (Å²) in [5.41, 5.74) is 4.37. The van der Waals surface area contributed by atoms with Gasteiger partial charge in [-0.05, 0) is 35.1 Å². The maximum atomic E-state index is 12.0. The molecule has 0 bridgehead atoms. The van der Waals surface area contributed by atoms with E-state index in [2.05, 4.69) is 55.3 Å². The first kappa shape index (κ1) is 19.2. The normalized spacial score (nSPS) is 11.4. The lowest BCUT2D eigenvalue weighted by Crippen LogP contribution is -2.10. The monoisotopic (exact) mass is 379 g/mol. The van der Waals surface area contributed by atoms with E-state index in [1.807, 2.05) is 19.1 Å². The van der Waals surface area contributed by atoms with Crippen molar-refractivity contribution in [3.05, 3.63) is 54.4 Å². The number of nitrogens with zero attached hydrogens (tertiary/aromatic N) is 2. The van der Waals surface area contributed by atoms with Crippen LogP contribution in [0.1, 0.15) is 46.1 Å². The number of pyridine rings is 1. The first-order valence-electron chi connectivity index (χ1n) is 9.20. The van der Waals surface area contributed by atoms with Crippen LogP contribution in [0.15, 0.2) is 48.8 Å². The standard InChI is InChI=1S/C22H25N3OS/c1-5-6-18(26)24-21-25-19(20(27-21)16-11-13-23-14-12-16)15-7-9-17(10-8-15)22(2,3)4/h7-14H,5-6H2,1-4H3,(H,24,25,26). The molecule has 2 aromatic heterocycles. The van der Waals surface area contributed by atoms with Crippen molar-refractivity contribution >= 4 is 22.4 Å². The summed E-state index contributed by atoms with van der Waals surface area (Å²) < 4.78 is 0. The molecule has 0 spiro atoms. The maximum absolute atomic E-state index is 12.0. The highest BCUT2D eigenvalue weighted by Gasteiger charge is 2.18. The number of hydrogen-bond donors (Lipinski definition) is 1. The van der Waals surface area contributed by atoms with Gasteiger partial charge in [-0.15, -0.1) is 0 Å². The SMILES string of the molecule is CCCC(=O)Nc1nc(-c2ccc(C(C)(C)C)cc2)c(-c2ccncc2)s1. The third-order valence-corrected chi connectivity index (χ3v) is 5.34. The Bertz CT molecular complexity index is 909. The zero-order chi connectivity index (χ0) is 19.4. The summed E-state index contributed by atoms with van der Waals surface area (Å²) >= 11 is 1.50. The number of thiazole rings is 1. The van der Waals surface area contributed by atoms with Crippen molar-refractivity contribution in [3.63, 3.8) is 0 Å². The van der Waals surface area contributed by atoms with Crippen LogP contribution in [0.2, 0.25) is 0 Å². The number of carbonyl (C=O) groups is 1. The van der Waals surface area contributed by atoms with Gasteiger partial charge in [-0.2, -0.15) is 0 Å². The number of nitrogens with one attached hydrogen (secondary N) is 1. The van der Waals surface area contributed by atoms with E-state index in [-0.39, 0.29) is 11.3 Å². The molecule has 1 amide bonds. The molecule has 4 nitrogen and oxygen atoms in total. The molecular weight excluding hydrogens is 354 g/mol. The fourth-order valence-electron chi connectivity index (χ4n) is 2.81. The van der Waals surface area contributed by atoms with Gasteiger partial charge in [-0.1, -0.05) is 63.3 Å². The Morgan fingerprint density at radius 1 is 1.04 bits per heavy atom. The van der Waals surface area contributed by atoms with Crippen LogP contribution in [-0.4, -0.2) is 15.9 Å². The fourth-order valence-corrected chi connectivity index (χ4v) is 3.81. The summed E-state index contributed by atoms with van der Waals surface area (Å²) in [4.78, 5) is 21.9. The zero-order valence-corrected chi connectivity index (χ0v) is 17.1. The highest BCUT2D eigenvalue weighted by Crippen LogP contribution is 2.39. The van der Waals surface area contributed by atoms with Crippen LogP contribution in [0.4, 0.5) is 5.13 Å². The zero-order valence-electron chi connectivity index (χ0n) is 16.2. The minimum absolute atomic E-state index is 0.00200. The van der Waals surface area contributed by atoms with E-state index < -0.39 is 0 Å². The summed E-state index contributed by atoms with van der Waals surface area (Å²) in [6, 6.07) is 12.5. The summed E-state index contributed by atoms with van der Waals surface area (Å²) in [7, 11) is 0. The predicted molar refractivity (Wildman–Crippen MR) is 113 cm³/mol. The Morgan fingerprint density at radius 3 is 2.30 bits per heavy atom. The van der Waals surface area contributed by atoms with Gasteiger partial charge >= 0.3 is 0 Å². The van der Waals surface area contributed by atoms with Gasteiger partial charge in [0, 0.05) is 24.4 Å². The van der Waals surface area contributed by atoms with Crippen LogP contribution in [0.25, 0.3) is 21.7 Å². The van der Waals surface area contributed by atoms with E-state index in [1.165, 1.54) is 16.9 Å². The minimum Gasteiger partial charge on any atom is -0.302 e. The van der Waals surface area contributed by atoms with Gasteiger partial charge in [0.25, 0.3) is 0 Å². The highest BCUT2D eigenvalue weighted by molar-refractivity contribution is 7.19. The first-order chi connectivity index (χ1) is 12.9. The van der Waals surface area contributed by atoms with Crippen LogP contribution < -0.4 is 5.32 Å². The van der Waals surface area contributed by atoms with Crippen LogP contribution in [0.5, 0.6) is 0 Å². The van der Waals surface area contributed by atoms with Gasteiger partial charge in [0.15, 0.2) is 5.13 Å². The number of hydrogen-bond acceptors (Lipinski definition) is 4. The van der Waals surface area contributed by atoms with E-state index in [9.17, 15) is 4.79 Å². The number of aromatic nitrogens is 2. The second-order valence-corrected chi connectivity index (χ2v) is 8.56. The predicted octanol–water partition coefficient (Wildman–Crippen LogP) is 5.91. The van der Waals surface area contributed by atoms with Crippen LogP contribution in [0, 0.1) is 0 Å². The maximum Gasteiger partial charge on any atom is 0.226 e. The Balaban J connectivity index is 2.02. The van der Waals surface area contributed by atoms with Gasteiger partial charge in [0.2, 0.25) is 5.91 Å². The van der Waals surface area contributed by atoms with Crippen molar-refractivity contribution < 1.29 is 4.79 Å². The third-order valence-electron chi connectivity index (χ3n) is 4.32. The highest BCUT2D eigenvalue weighted by atomic mass is 32.1. The Morgan fingerprint density at radius 2 is 1.70 bits per heavy atom. The lowest BCUT2D eigenvalue weighted by Gasteiger charge is -2.19. The van der Waals surface area contributed by atoms with Gasteiger partial charge < -0.3 is 5.32 Å². The molecule has 0 aliphatic rings. The van der Waals surface area contributed by atoms with E-state index in [1.54, 1.807) is 12.4 Å². The van der Waals surface area contributed by atoms with Crippen molar-refractivity contribution in [3.8, 4) is 21.7 Å². The molecule has 0 fully saturated rings. The molecular formula is C22H25N3OS. The molecule has 0 saturated carbocycles. The lowest BCUT2D eigenvalue weighted by molar-refractivity contribution is -0.116. The average molecular weight is 380 g/mol. The van der Waals surface area contributed by atoms with E-state index in [0.29, 0.717) is 11.6 Å². The van der Waals surface area contributed by atoms with Crippen molar-refractivity contribution in [1.29, 1.82) is 0 Å². The average Bonchev–Trinajstić information content (AvgIpc) is 3.06. The van der Waals surface area contributed by atoms with Gasteiger partial charge in [0.1, 0.15) is 0 Å². The van der Waals surface area contributed by atoms with Crippen molar-refractivity contribution in [2.45, 2.75) is 46.0 Å². The molecule has 0 aliphatic heterocycles. The molecule has 0 aliphatic carbocycles. The molecule has 0 atom stereocenters. The molecule has 0 radical (unpaired) electrons. The van der Waals surface area contributed by atoms with Crippen molar-refractivity contribution in [2.24, 2.45) is 0 Å². The van der Waals surface area contributed by atoms with Crippen molar-refractivity contribution in [1.82, 2.24) is 9.97 Å². The number of amides is 1. The Kier molecular flexibility index (Phi) is 5.71. The van der Waals surface area contributed by atoms with Gasteiger partial charge in [0.05, 0.1) is 10.6 Å². The first-order valence-corrected chi connectivity index (χ1v) is 10.0. The topological polar surface area (TPSA) is 54.9 Å². The largest absolute Gasteiger partial charge is 0.302 e. The second kappa shape index (κ2) is 8.01. The molecule has 1 aromatic carbocycles. The Labute approximate surface area is 164 Å². The molecule has 27 heavy (non-hydrogen) atoms. The van der Waals surface area contributed by atoms with Crippen LogP contribution in [-0.2, 0) is 10.2 Å². The molecule has 2 heterocycles. The summed E-state index contributed by atoms with van der Waals surface area (Å²) in [5.74, 6) is 0.00200. The molecule has 3 aromatic rings. The van der Waals surface area contributed by atoms with Gasteiger partial charge in [-0.3, -0.25) is 9.78 Å². The molecule has 5 heteroatoms. The lowest BCUT2D eigenvalue weighted by atomic mass is 9.86. The third kappa shape index (κ3) is 4.61. The number of rotatable bonds is 5. The molecule has 140 valence electrons. The van der Waals surface area contributed by atoms with Crippen LogP contribution in [0.3, 0.4) is 0 Å². The Hall–Kier alpha value is -2.53. The molecule has 0 saturated heterocycles. The summed E-state index contributed by atoms with van der Waals surface area (Å²) in [6.07, 6.45) is 4.86. The number of benzene rings is 1. The summed E-state index contributed by atoms with van der Waals surface area (Å²) in [6.45, 7) is 8.60. The minimum atomic E-state index is 0.00200. The van der Waals surface area contributed by atoms with E-state index in [4.69, 9.17) is 4.98 Å². The fraction of sp³-hybridized carbons (Fsp3) is 0.318. The molecule has 0 unspecified atom stereocenters. The molecule has 1 N–H and O–H groups in total.